The van der Waals surface area contributed by atoms with Gasteiger partial charge in [-0.05, 0) is 25.0 Å². The molecule has 0 aliphatic heterocycles. The van der Waals surface area contributed by atoms with Gasteiger partial charge in [0.15, 0.2) is 0 Å². The van der Waals surface area contributed by atoms with Crippen molar-refractivity contribution < 1.29 is 14.3 Å². The van der Waals surface area contributed by atoms with Gasteiger partial charge in [0.2, 0.25) is 0 Å². The number of nitrogens with one attached hydrogen (secondary N) is 1. The fourth-order valence-electron chi connectivity index (χ4n) is 2.93. The zero-order valence-electron chi connectivity index (χ0n) is 13.0. The van der Waals surface area contributed by atoms with Gasteiger partial charge in [-0.1, -0.05) is 38.2 Å². The Hall–Kier alpha value is -1.71. The first-order chi connectivity index (χ1) is 10.3. The molecule has 0 spiro atoms. The molecule has 0 atom stereocenters. The SMILES string of the molecule is COc1cccc(OC)c1C(=O)NC1CCCCCCC1. The maximum atomic E-state index is 12.6. The average Bonchev–Trinajstić information content (AvgIpc) is 2.48. The van der Waals surface area contributed by atoms with Gasteiger partial charge in [0.05, 0.1) is 14.2 Å². The molecule has 2 rings (SSSR count). The molecule has 4 heteroatoms. The Morgan fingerprint density at radius 3 is 2.05 bits per heavy atom. The van der Waals surface area contributed by atoms with Crippen molar-refractivity contribution in [2.45, 2.75) is 51.0 Å². The Bertz CT molecular complexity index is 443. The summed E-state index contributed by atoms with van der Waals surface area (Å²) in [7, 11) is 3.14. The maximum absolute atomic E-state index is 12.6. The van der Waals surface area contributed by atoms with E-state index in [0.717, 1.165) is 12.8 Å². The highest BCUT2D eigenvalue weighted by Crippen LogP contribution is 2.28. The number of hydrogen-bond acceptors (Lipinski definition) is 3. The molecule has 1 aromatic rings. The second-order valence-electron chi connectivity index (χ2n) is 5.55. The molecule has 116 valence electrons. The molecule has 1 saturated carbocycles. The van der Waals surface area contributed by atoms with Crippen molar-refractivity contribution in [3.05, 3.63) is 23.8 Å². The topological polar surface area (TPSA) is 47.6 Å². The number of amides is 1. The number of methoxy groups -OCH3 is 2. The highest BCUT2D eigenvalue weighted by Gasteiger charge is 2.21. The second kappa shape index (κ2) is 7.91. The van der Waals surface area contributed by atoms with E-state index in [1.54, 1.807) is 26.4 Å². The number of benzene rings is 1. The first kappa shape index (κ1) is 15.7. The van der Waals surface area contributed by atoms with Crippen LogP contribution in [0.25, 0.3) is 0 Å². The van der Waals surface area contributed by atoms with Crippen LogP contribution in [0, 0.1) is 0 Å². The van der Waals surface area contributed by atoms with Gasteiger partial charge in [0.1, 0.15) is 17.1 Å². The predicted molar refractivity (Wildman–Crippen MR) is 83.1 cm³/mol. The van der Waals surface area contributed by atoms with Crippen molar-refractivity contribution in [3.63, 3.8) is 0 Å². The van der Waals surface area contributed by atoms with Crippen LogP contribution in [0.5, 0.6) is 11.5 Å². The van der Waals surface area contributed by atoms with Crippen LogP contribution in [0.2, 0.25) is 0 Å². The highest BCUT2D eigenvalue weighted by molar-refractivity contribution is 5.99. The molecule has 0 saturated heterocycles. The van der Waals surface area contributed by atoms with Gasteiger partial charge in [-0.15, -0.1) is 0 Å². The quantitative estimate of drug-likeness (QED) is 0.923. The molecule has 1 fully saturated rings. The Labute approximate surface area is 126 Å². The standard InChI is InChI=1S/C17H25NO3/c1-20-14-11-8-12-15(21-2)16(14)17(19)18-13-9-6-4-3-5-7-10-13/h8,11-13H,3-7,9-10H2,1-2H3,(H,18,19). The molecular weight excluding hydrogens is 266 g/mol. The summed E-state index contributed by atoms with van der Waals surface area (Å²) in [6, 6.07) is 5.66. The van der Waals surface area contributed by atoms with E-state index in [2.05, 4.69) is 5.32 Å². The molecule has 0 unspecified atom stereocenters. The molecule has 0 bridgehead atoms. The summed E-state index contributed by atoms with van der Waals surface area (Å²) >= 11 is 0. The minimum atomic E-state index is -0.102. The molecule has 21 heavy (non-hydrogen) atoms. The van der Waals surface area contributed by atoms with Gasteiger partial charge in [0, 0.05) is 6.04 Å². The summed E-state index contributed by atoms with van der Waals surface area (Å²) in [4.78, 5) is 12.6. The number of carbonyl (C=O) groups excluding carboxylic acids is 1. The Balaban J connectivity index is 2.11. The largest absolute Gasteiger partial charge is 0.496 e. The zero-order valence-corrected chi connectivity index (χ0v) is 13.0. The van der Waals surface area contributed by atoms with Gasteiger partial charge in [-0.2, -0.15) is 0 Å². The van der Waals surface area contributed by atoms with Crippen LogP contribution in [0.1, 0.15) is 55.3 Å². The van der Waals surface area contributed by atoms with E-state index in [1.165, 1.54) is 32.1 Å². The summed E-state index contributed by atoms with van der Waals surface area (Å²) in [6.45, 7) is 0. The summed E-state index contributed by atoms with van der Waals surface area (Å²) in [6.07, 6.45) is 8.35. The molecule has 1 aliphatic rings. The Kier molecular flexibility index (Phi) is 5.90. The van der Waals surface area contributed by atoms with Crippen LogP contribution >= 0.6 is 0 Å². The molecule has 1 aliphatic carbocycles. The van der Waals surface area contributed by atoms with Crippen molar-refractivity contribution in [1.82, 2.24) is 5.32 Å². The van der Waals surface area contributed by atoms with E-state index in [-0.39, 0.29) is 11.9 Å². The zero-order chi connectivity index (χ0) is 15.1. The third kappa shape index (κ3) is 4.13. The van der Waals surface area contributed by atoms with Crippen molar-refractivity contribution in [2.24, 2.45) is 0 Å². The van der Waals surface area contributed by atoms with E-state index >= 15 is 0 Å². The monoisotopic (exact) mass is 291 g/mol. The summed E-state index contributed by atoms with van der Waals surface area (Å²) in [5.74, 6) is 1.00. The van der Waals surface area contributed by atoms with Gasteiger partial charge in [-0.3, -0.25) is 4.79 Å². The highest BCUT2D eigenvalue weighted by atomic mass is 16.5. The minimum absolute atomic E-state index is 0.102. The van der Waals surface area contributed by atoms with Crippen LogP contribution in [0.3, 0.4) is 0 Å². The first-order valence-corrected chi connectivity index (χ1v) is 7.78. The summed E-state index contributed by atoms with van der Waals surface area (Å²) < 4.78 is 10.6. The average molecular weight is 291 g/mol. The van der Waals surface area contributed by atoms with Crippen LogP contribution in [-0.2, 0) is 0 Å². The van der Waals surface area contributed by atoms with E-state index in [4.69, 9.17) is 9.47 Å². The van der Waals surface area contributed by atoms with Crippen LogP contribution in [0.15, 0.2) is 18.2 Å². The van der Waals surface area contributed by atoms with E-state index in [9.17, 15) is 4.79 Å². The van der Waals surface area contributed by atoms with Crippen LogP contribution in [-0.4, -0.2) is 26.2 Å². The third-order valence-electron chi connectivity index (χ3n) is 4.10. The lowest BCUT2D eigenvalue weighted by atomic mass is 9.96. The predicted octanol–water partition coefficient (Wildman–Crippen LogP) is 3.55. The first-order valence-electron chi connectivity index (χ1n) is 7.78. The van der Waals surface area contributed by atoms with E-state index < -0.39 is 0 Å². The summed E-state index contributed by atoms with van der Waals surface area (Å²) in [5.41, 5.74) is 0.490. The number of rotatable bonds is 4. The minimum Gasteiger partial charge on any atom is -0.496 e. The van der Waals surface area contributed by atoms with Crippen LogP contribution < -0.4 is 14.8 Å². The molecule has 0 heterocycles. The molecule has 0 aromatic heterocycles. The third-order valence-corrected chi connectivity index (χ3v) is 4.10. The lowest BCUT2D eigenvalue weighted by Crippen LogP contribution is -2.35. The van der Waals surface area contributed by atoms with Gasteiger partial charge in [0.25, 0.3) is 5.91 Å². The van der Waals surface area contributed by atoms with E-state index in [1.807, 2.05) is 6.07 Å². The van der Waals surface area contributed by atoms with Crippen molar-refractivity contribution in [3.8, 4) is 11.5 Å². The van der Waals surface area contributed by atoms with Gasteiger partial charge < -0.3 is 14.8 Å². The fourth-order valence-corrected chi connectivity index (χ4v) is 2.93. The lowest BCUT2D eigenvalue weighted by molar-refractivity contribution is 0.0924. The van der Waals surface area contributed by atoms with Crippen molar-refractivity contribution in [1.29, 1.82) is 0 Å². The second-order valence-corrected chi connectivity index (χ2v) is 5.55. The molecular formula is C17H25NO3. The van der Waals surface area contributed by atoms with Gasteiger partial charge >= 0.3 is 0 Å². The fraction of sp³-hybridized carbons (Fsp3) is 0.588. The van der Waals surface area contributed by atoms with Crippen molar-refractivity contribution in [2.75, 3.05) is 14.2 Å². The summed E-state index contributed by atoms with van der Waals surface area (Å²) in [5, 5.41) is 3.15. The van der Waals surface area contributed by atoms with E-state index in [0.29, 0.717) is 17.1 Å². The molecule has 0 radical (unpaired) electrons. The smallest absolute Gasteiger partial charge is 0.259 e. The maximum Gasteiger partial charge on any atom is 0.259 e. The molecule has 1 amide bonds. The van der Waals surface area contributed by atoms with Gasteiger partial charge in [-0.25, -0.2) is 0 Å². The number of hydrogen-bond donors (Lipinski definition) is 1. The Morgan fingerprint density at radius 1 is 1.00 bits per heavy atom. The van der Waals surface area contributed by atoms with Crippen molar-refractivity contribution >= 4 is 5.91 Å². The number of ether oxygens (including phenoxy) is 2. The number of carbonyl (C=O) groups is 1. The molecule has 4 nitrogen and oxygen atoms in total. The molecule has 1 N–H and O–H groups in total. The normalized spacial score (nSPS) is 16.7. The molecule has 1 aromatic carbocycles. The lowest BCUT2D eigenvalue weighted by Gasteiger charge is -2.22. The van der Waals surface area contributed by atoms with Crippen LogP contribution in [0.4, 0.5) is 0 Å². The Morgan fingerprint density at radius 2 is 1.52 bits per heavy atom.